The van der Waals surface area contributed by atoms with Gasteiger partial charge in [-0.15, -0.1) is 0 Å². The average molecular weight is 420 g/mol. The number of rotatable bonds is 4. The smallest absolute Gasteiger partial charge is 0.292 e. The van der Waals surface area contributed by atoms with Gasteiger partial charge >= 0.3 is 0 Å². The van der Waals surface area contributed by atoms with Crippen LogP contribution < -0.4 is 10.5 Å². The quantitative estimate of drug-likeness (QED) is 0.698. The van der Waals surface area contributed by atoms with Gasteiger partial charge < -0.3 is 4.90 Å². The Bertz CT molecular complexity index is 1020. The van der Waals surface area contributed by atoms with E-state index >= 15 is 0 Å². The zero-order valence-electron chi connectivity index (χ0n) is 15.3. The van der Waals surface area contributed by atoms with Gasteiger partial charge in [-0.1, -0.05) is 23.2 Å². The second-order valence-corrected chi connectivity index (χ2v) is 7.45. The van der Waals surface area contributed by atoms with Gasteiger partial charge in [-0.05, 0) is 31.2 Å². The minimum Gasteiger partial charge on any atom is -0.366 e. The monoisotopic (exact) mass is 419 g/mol. The predicted octanol–water partition coefficient (Wildman–Crippen LogP) is 2.29. The fourth-order valence-corrected chi connectivity index (χ4v) is 3.59. The number of hydrogen-bond acceptors (Lipinski definition) is 6. The number of nitrogens with zero attached hydrogens (tertiary/aromatic N) is 6. The Labute approximate surface area is 171 Å². The molecule has 0 spiro atoms. The van der Waals surface area contributed by atoms with Gasteiger partial charge in [-0.2, -0.15) is 14.9 Å². The lowest BCUT2D eigenvalue weighted by atomic mass is 10.2. The molecule has 1 N–H and O–H groups in total. The van der Waals surface area contributed by atoms with Gasteiger partial charge in [0, 0.05) is 31.2 Å². The number of halogens is 2. The molecule has 0 radical (unpaired) electrons. The van der Waals surface area contributed by atoms with Crippen molar-refractivity contribution in [2.75, 3.05) is 31.1 Å². The minimum absolute atomic E-state index is 0.169. The first-order valence-corrected chi connectivity index (χ1v) is 9.66. The van der Waals surface area contributed by atoms with Crippen molar-refractivity contribution in [2.45, 2.75) is 13.5 Å². The van der Waals surface area contributed by atoms with Gasteiger partial charge in [-0.3, -0.25) is 14.8 Å². The Kier molecular flexibility index (Phi) is 5.34. The summed E-state index contributed by atoms with van der Waals surface area (Å²) in [5.41, 5.74) is 0.930. The van der Waals surface area contributed by atoms with Crippen LogP contribution in [0.5, 0.6) is 0 Å². The van der Waals surface area contributed by atoms with E-state index < -0.39 is 0 Å². The topological polar surface area (TPSA) is 82.9 Å². The molecule has 8 nitrogen and oxygen atoms in total. The van der Waals surface area contributed by atoms with Crippen LogP contribution in [0.1, 0.15) is 11.6 Å². The van der Waals surface area contributed by atoms with Gasteiger partial charge in [0.2, 0.25) is 0 Å². The summed E-state index contributed by atoms with van der Waals surface area (Å²) in [7, 11) is 0. The van der Waals surface area contributed by atoms with Gasteiger partial charge in [0.25, 0.3) is 5.56 Å². The fraction of sp³-hybridized carbons (Fsp3) is 0.333. The number of aryl methyl sites for hydroxylation is 1. The van der Waals surface area contributed by atoms with Crippen molar-refractivity contribution in [3.63, 3.8) is 0 Å². The minimum atomic E-state index is -0.347. The van der Waals surface area contributed by atoms with E-state index in [9.17, 15) is 4.79 Å². The number of aromatic nitrogens is 5. The zero-order chi connectivity index (χ0) is 19.7. The molecule has 0 amide bonds. The van der Waals surface area contributed by atoms with Crippen LogP contribution in [-0.2, 0) is 6.54 Å². The number of nitrogens with one attached hydrogen (secondary N) is 1. The summed E-state index contributed by atoms with van der Waals surface area (Å²) >= 11 is 12.3. The first kappa shape index (κ1) is 18.9. The normalized spacial score (nSPS) is 15.2. The molecule has 1 aromatic carbocycles. The molecule has 2 aromatic heterocycles. The first-order chi connectivity index (χ1) is 13.5. The van der Waals surface area contributed by atoms with Gasteiger partial charge in [-0.25, -0.2) is 4.98 Å². The van der Waals surface area contributed by atoms with Crippen LogP contribution in [-0.4, -0.2) is 56.0 Å². The zero-order valence-corrected chi connectivity index (χ0v) is 16.8. The molecule has 0 saturated carbocycles. The van der Waals surface area contributed by atoms with E-state index in [-0.39, 0.29) is 10.6 Å². The molecule has 1 aliphatic heterocycles. The largest absolute Gasteiger partial charge is 0.366 e. The second-order valence-electron chi connectivity index (χ2n) is 6.64. The Morgan fingerprint density at radius 3 is 2.46 bits per heavy atom. The molecule has 1 fully saturated rings. The molecule has 3 aromatic rings. The molecular formula is C18H19Cl2N7O. The predicted molar refractivity (Wildman–Crippen MR) is 108 cm³/mol. The van der Waals surface area contributed by atoms with E-state index in [0.29, 0.717) is 22.9 Å². The summed E-state index contributed by atoms with van der Waals surface area (Å²) in [6.45, 7) is 5.72. The summed E-state index contributed by atoms with van der Waals surface area (Å²) in [5.74, 6) is 1.60. The van der Waals surface area contributed by atoms with E-state index in [1.54, 1.807) is 30.5 Å². The van der Waals surface area contributed by atoms with Crippen molar-refractivity contribution in [1.29, 1.82) is 0 Å². The van der Waals surface area contributed by atoms with Crippen LogP contribution in [0.4, 0.5) is 5.69 Å². The summed E-state index contributed by atoms with van der Waals surface area (Å²) in [6, 6.07) is 6.89. The third-order valence-electron chi connectivity index (χ3n) is 4.69. The molecule has 146 valence electrons. The van der Waals surface area contributed by atoms with Crippen LogP contribution in [0.3, 0.4) is 0 Å². The van der Waals surface area contributed by atoms with Crippen molar-refractivity contribution in [3.8, 4) is 5.69 Å². The summed E-state index contributed by atoms with van der Waals surface area (Å²) in [5, 5.41) is 12.1. The molecule has 10 heteroatoms. The van der Waals surface area contributed by atoms with Crippen LogP contribution in [0.15, 0.2) is 35.3 Å². The Balaban J connectivity index is 1.47. The molecule has 0 atom stereocenters. The number of anilines is 1. The van der Waals surface area contributed by atoms with Crippen molar-refractivity contribution in [1.82, 2.24) is 29.9 Å². The van der Waals surface area contributed by atoms with Gasteiger partial charge in [0.15, 0.2) is 5.82 Å². The van der Waals surface area contributed by atoms with Crippen molar-refractivity contribution in [2.24, 2.45) is 0 Å². The Hall–Kier alpha value is -2.42. The van der Waals surface area contributed by atoms with Crippen LogP contribution in [0.2, 0.25) is 10.0 Å². The van der Waals surface area contributed by atoms with Crippen LogP contribution in [0.25, 0.3) is 5.69 Å². The molecule has 1 saturated heterocycles. The first-order valence-electron chi connectivity index (χ1n) is 8.90. The second kappa shape index (κ2) is 7.90. The lowest BCUT2D eigenvalue weighted by Crippen LogP contribution is -2.46. The van der Waals surface area contributed by atoms with Gasteiger partial charge in [0.1, 0.15) is 10.8 Å². The highest BCUT2D eigenvalue weighted by atomic mass is 35.5. The molecular weight excluding hydrogens is 401 g/mol. The molecule has 0 unspecified atom stereocenters. The number of benzene rings is 1. The maximum atomic E-state index is 12.7. The highest BCUT2D eigenvalue weighted by molar-refractivity contribution is 6.33. The lowest BCUT2D eigenvalue weighted by molar-refractivity contribution is 0.244. The highest BCUT2D eigenvalue weighted by Crippen LogP contribution is 2.23. The van der Waals surface area contributed by atoms with Gasteiger partial charge in [0.05, 0.1) is 24.1 Å². The van der Waals surface area contributed by atoms with E-state index in [0.717, 1.165) is 37.8 Å². The molecule has 3 heterocycles. The van der Waals surface area contributed by atoms with E-state index in [1.165, 1.54) is 4.68 Å². The van der Waals surface area contributed by atoms with E-state index in [1.807, 2.05) is 6.92 Å². The summed E-state index contributed by atoms with van der Waals surface area (Å²) in [4.78, 5) is 21.4. The van der Waals surface area contributed by atoms with Crippen LogP contribution in [0, 0.1) is 6.92 Å². The maximum Gasteiger partial charge on any atom is 0.292 e. The van der Waals surface area contributed by atoms with E-state index in [4.69, 9.17) is 23.2 Å². The molecule has 4 rings (SSSR count). The molecule has 0 bridgehead atoms. The highest BCUT2D eigenvalue weighted by Gasteiger charge is 2.22. The Morgan fingerprint density at radius 1 is 1.11 bits per heavy atom. The summed E-state index contributed by atoms with van der Waals surface area (Å²) < 4.78 is 1.28. The fourth-order valence-electron chi connectivity index (χ4n) is 3.22. The Morgan fingerprint density at radius 2 is 1.82 bits per heavy atom. The number of aromatic amines is 1. The third-order valence-corrected chi connectivity index (χ3v) is 5.30. The molecule has 1 aliphatic rings. The third kappa shape index (κ3) is 3.89. The SMILES string of the molecule is Cc1nc(CN2CCN(c3cnn(-c4ccc(Cl)cc4)c(=O)c3Cl)CC2)n[nH]1. The van der Waals surface area contributed by atoms with E-state index in [2.05, 4.69) is 30.1 Å². The van der Waals surface area contributed by atoms with Crippen molar-refractivity contribution >= 4 is 28.9 Å². The number of hydrogen-bond donors (Lipinski definition) is 1. The van der Waals surface area contributed by atoms with Crippen LogP contribution >= 0.6 is 23.2 Å². The number of piperazine rings is 1. The number of H-pyrrole nitrogens is 1. The van der Waals surface area contributed by atoms with Crippen molar-refractivity contribution < 1.29 is 0 Å². The molecule has 0 aliphatic carbocycles. The lowest BCUT2D eigenvalue weighted by Gasteiger charge is -2.35. The summed E-state index contributed by atoms with van der Waals surface area (Å²) in [6.07, 6.45) is 1.65. The average Bonchev–Trinajstić information content (AvgIpc) is 3.10. The standard InChI is InChI=1S/C18H19Cl2N7O/c1-12-22-16(24-23-12)11-25-6-8-26(9-7-25)15-10-21-27(18(28)17(15)20)14-4-2-13(19)3-5-14/h2-5,10H,6-9,11H2,1H3,(H,22,23,24). The van der Waals surface area contributed by atoms with Crippen molar-refractivity contribution in [3.05, 3.63) is 62.5 Å². The maximum absolute atomic E-state index is 12.7. The molecule has 28 heavy (non-hydrogen) atoms.